The Kier molecular flexibility index (Phi) is 2.80. The number of carbonyl (C=O) groups is 1. The fourth-order valence-electron chi connectivity index (χ4n) is 1.00. The fraction of sp³-hybridized carbons (Fsp3) is 0.833. The zero-order valence-corrected chi connectivity index (χ0v) is 5.82. The molecule has 1 heterocycles. The lowest BCUT2D eigenvalue weighted by molar-refractivity contribution is -0.110. The van der Waals surface area contributed by atoms with Crippen LogP contribution in [0.5, 0.6) is 0 Å². The molecule has 0 aromatic heterocycles. The Labute approximate surface area is 59.9 Å². The van der Waals surface area contributed by atoms with E-state index < -0.39 is 0 Å². The lowest BCUT2D eigenvalue weighted by atomic mass is 10.4. The van der Waals surface area contributed by atoms with Gasteiger partial charge in [-0.3, -0.25) is 4.90 Å². The van der Waals surface area contributed by atoms with Gasteiger partial charge in [0, 0.05) is 13.1 Å². The summed E-state index contributed by atoms with van der Waals surface area (Å²) < 4.78 is 5.07. The quantitative estimate of drug-likeness (QED) is 0.495. The third-order valence-electron chi connectivity index (χ3n) is 1.51. The van der Waals surface area contributed by atoms with Gasteiger partial charge in [0.05, 0.1) is 13.2 Å². The van der Waals surface area contributed by atoms with Crippen molar-refractivity contribution in [2.45, 2.75) is 6.23 Å². The standard InChI is InChI=1S/C6H12N2O2/c7-6-5-8(1-3-9)2-4-10-6/h3,6H,1-2,4-5,7H2/t6-/m0/s1. The summed E-state index contributed by atoms with van der Waals surface area (Å²) in [7, 11) is 0. The average molecular weight is 144 g/mol. The van der Waals surface area contributed by atoms with Gasteiger partial charge >= 0.3 is 0 Å². The Morgan fingerprint density at radius 2 is 2.60 bits per heavy atom. The molecule has 1 rings (SSSR count). The molecule has 1 saturated heterocycles. The van der Waals surface area contributed by atoms with Crippen LogP contribution >= 0.6 is 0 Å². The molecule has 58 valence electrons. The summed E-state index contributed by atoms with van der Waals surface area (Å²) >= 11 is 0. The van der Waals surface area contributed by atoms with Gasteiger partial charge in [0.25, 0.3) is 0 Å². The van der Waals surface area contributed by atoms with E-state index in [0.29, 0.717) is 19.7 Å². The van der Waals surface area contributed by atoms with Gasteiger partial charge < -0.3 is 15.3 Å². The lowest BCUT2D eigenvalue weighted by Gasteiger charge is -2.28. The molecular weight excluding hydrogens is 132 g/mol. The summed E-state index contributed by atoms with van der Waals surface area (Å²) in [4.78, 5) is 12.0. The highest BCUT2D eigenvalue weighted by Crippen LogP contribution is 1.98. The molecule has 0 saturated carbocycles. The molecule has 0 spiro atoms. The SMILES string of the molecule is N[C@@H]1CN(CC=O)CCO1. The molecule has 10 heavy (non-hydrogen) atoms. The first-order chi connectivity index (χ1) is 4.83. The maximum atomic E-state index is 10.1. The Morgan fingerprint density at radius 3 is 3.20 bits per heavy atom. The van der Waals surface area contributed by atoms with Gasteiger partial charge in [0.15, 0.2) is 0 Å². The van der Waals surface area contributed by atoms with E-state index in [4.69, 9.17) is 10.5 Å². The van der Waals surface area contributed by atoms with Crippen LogP contribution in [0.2, 0.25) is 0 Å². The summed E-state index contributed by atoms with van der Waals surface area (Å²) in [5.74, 6) is 0. The van der Waals surface area contributed by atoms with Crippen LogP contribution in [-0.4, -0.2) is 43.7 Å². The van der Waals surface area contributed by atoms with Crippen molar-refractivity contribution < 1.29 is 9.53 Å². The van der Waals surface area contributed by atoms with Crippen LogP contribution in [0.15, 0.2) is 0 Å². The predicted molar refractivity (Wildman–Crippen MR) is 36.4 cm³/mol. The molecule has 0 unspecified atom stereocenters. The second-order valence-electron chi connectivity index (χ2n) is 2.34. The van der Waals surface area contributed by atoms with Crippen LogP contribution < -0.4 is 5.73 Å². The van der Waals surface area contributed by atoms with Gasteiger partial charge in [-0.25, -0.2) is 0 Å². The minimum atomic E-state index is -0.214. The van der Waals surface area contributed by atoms with Gasteiger partial charge in [0.2, 0.25) is 0 Å². The molecule has 0 radical (unpaired) electrons. The van der Waals surface area contributed by atoms with Crippen molar-refractivity contribution in [2.24, 2.45) is 5.73 Å². The van der Waals surface area contributed by atoms with Gasteiger partial charge in [-0.1, -0.05) is 0 Å². The van der Waals surface area contributed by atoms with Crippen molar-refractivity contribution in [3.05, 3.63) is 0 Å². The van der Waals surface area contributed by atoms with E-state index >= 15 is 0 Å². The van der Waals surface area contributed by atoms with Crippen LogP contribution in [0.25, 0.3) is 0 Å². The maximum absolute atomic E-state index is 10.1. The molecule has 0 amide bonds. The largest absolute Gasteiger partial charge is 0.361 e. The second kappa shape index (κ2) is 3.65. The van der Waals surface area contributed by atoms with E-state index in [9.17, 15) is 4.79 Å². The number of nitrogens with zero attached hydrogens (tertiary/aromatic N) is 1. The predicted octanol–water partition coefficient (Wildman–Crippen LogP) is -1.20. The number of carbonyl (C=O) groups excluding carboxylic acids is 1. The van der Waals surface area contributed by atoms with Crippen molar-refractivity contribution in [1.29, 1.82) is 0 Å². The summed E-state index contributed by atoms with van der Waals surface area (Å²) in [5.41, 5.74) is 5.48. The van der Waals surface area contributed by atoms with Crippen LogP contribution in [-0.2, 0) is 9.53 Å². The third-order valence-corrected chi connectivity index (χ3v) is 1.51. The van der Waals surface area contributed by atoms with Crippen LogP contribution in [0.3, 0.4) is 0 Å². The summed E-state index contributed by atoms with van der Waals surface area (Å²) in [6.07, 6.45) is 0.673. The fourth-order valence-corrected chi connectivity index (χ4v) is 1.00. The molecule has 0 aromatic carbocycles. The number of morpholine rings is 1. The first-order valence-electron chi connectivity index (χ1n) is 3.36. The number of hydrogen-bond acceptors (Lipinski definition) is 4. The van der Waals surface area contributed by atoms with Crippen molar-refractivity contribution in [2.75, 3.05) is 26.2 Å². The minimum Gasteiger partial charge on any atom is -0.361 e. The molecular formula is C6H12N2O2. The zero-order chi connectivity index (χ0) is 7.40. The third kappa shape index (κ3) is 2.06. The molecule has 1 aliphatic rings. The van der Waals surface area contributed by atoms with Crippen LogP contribution in [0.1, 0.15) is 0 Å². The van der Waals surface area contributed by atoms with Gasteiger partial charge in [0.1, 0.15) is 12.5 Å². The van der Waals surface area contributed by atoms with E-state index in [0.717, 1.165) is 12.8 Å². The van der Waals surface area contributed by atoms with Crippen LogP contribution in [0.4, 0.5) is 0 Å². The van der Waals surface area contributed by atoms with E-state index in [1.54, 1.807) is 0 Å². The molecule has 2 N–H and O–H groups in total. The maximum Gasteiger partial charge on any atom is 0.133 e. The lowest BCUT2D eigenvalue weighted by Crippen LogP contribution is -2.47. The molecule has 0 bridgehead atoms. The topological polar surface area (TPSA) is 55.6 Å². The summed E-state index contributed by atoms with van der Waals surface area (Å²) in [5, 5.41) is 0. The van der Waals surface area contributed by atoms with Gasteiger partial charge in [-0.2, -0.15) is 0 Å². The molecule has 1 atom stereocenters. The van der Waals surface area contributed by atoms with E-state index in [-0.39, 0.29) is 6.23 Å². The first kappa shape index (κ1) is 7.65. The number of rotatable bonds is 2. The van der Waals surface area contributed by atoms with Crippen molar-refractivity contribution in [3.63, 3.8) is 0 Å². The van der Waals surface area contributed by atoms with E-state index in [1.165, 1.54) is 0 Å². The highest BCUT2D eigenvalue weighted by molar-refractivity contribution is 5.51. The highest BCUT2D eigenvalue weighted by atomic mass is 16.5. The van der Waals surface area contributed by atoms with Gasteiger partial charge in [-0.15, -0.1) is 0 Å². The molecule has 0 aromatic rings. The molecule has 4 heteroatoms. The molecule has 4 nitrogen and oxygen atoms in total. The number of hydrogen-bond donors (Lipinski definition) is 1. The first-order valence-corrected chi connectivity index (χ1v) is 3.36. The highest BCUT2D eigenvalue weighted by Gasteiger charge is 2.15. The smallest absolute Gasteiger partial charge is 0.133 e. The van der Waals surface area contributed by atoms with Crippen molar-refractivity contribution in [1.82, 2.24) is 4.90 Å². The summed E-state index contributed by atoms with van der Waals surface area (Å²) in [6.45, 7) is 2.58. The second-order valence-corrected chi connectivity index (χ2v) is 2.34. The minimum absolute atomic E-state index is 0.214. The number of ether oxygens (including phenoxy) is 1. The number of aldehydes is 1. The Bertz CT molecular complexity index is 118. The monoisotopic (exact) mass is 144 g/mol. The van der Waals surface area contributed by atoms with Crippen molar-refractivity contribution in [3.8, 4) is 0 Å². The van der Waals surface area contributed by atoms with Crippen molar-refractivity contribution >= 4 is 6.29 Å². The Balaban J connectivity index is 2.24. The average Bonchev–Trinajstić information content (AvgIpc) is 1.88. The number of nitrogens with two attached hydrogens (primary N) is 1. The van der Waals surface area contributed by atoms with Crippen LogP contribution in [0, 0.1) is 0 Å². The molecule has 0 aliphatic carbocycles. The Morgan fingerprint density at radius 1 is 1.80 bits per heavy atom. The molecule has 1 aliphatic heterocycles. The molecule has 1 fully saturated rings. The van der Waals surface area contributed by atoms with E-state index in [2.05, 4.69) is 0 Å². The van der Waals surface area contributed by atoms with E-state index in [1.807, 2.05) is 4.90 Å². The van der Waals surface area contributed by atoms with Gasteiger partial charge in [-0.05, 0) is 0 Å². The zero-order valence-electron chi connectivity index (χ0n) is 5.82. The summed E-state index contributed by atoms with van der Waals surface area (Å²) in [6, 6.07) is 0. The Hall–Kier alpha value is -0.450. The normalized spacial score (nSPS) is 28.3.